The summed E-state index contributed by atoms with van der Waals surface area (Å²) in [5, 5.41) is 2.85. The Morgan fingerprint density at radius 1 is 1.47 bits per heavy atom. The monoisotopic (exact) mass is 266 g/mol. The van der Waals surface area contributed by atoms with Crippen LogP contribution in [0.15, 0.2) is 22.8 Å². The van der Waals surface area contributed by atoms with Crippen LogP contribution in [-0.4, -0.2) is 37.1 Å². The van der Waals surface area contributed by atoms with Crippen molar-refractivity contribution in [3.63, 3.8) is 0 Å². The van der Waals surface area contributed by atoms with Gasteiger partial charge < -0.3 is 19.4 Å². The van der Waals surface area contributed by atoms with E-state index in [0.717, 1.165) is 5.76 Å². The molecule has 19 heavy (non-hydrogen) atoms. The van der Waals surface area contributed by atoms with Gasteiger partial charge in [0.15, 0.2) is 0 Å². The van der Waals surface area contributed by atoms with E-state index in [1.165, 1.54) is 7.11 Å². The Balaban J connectivity index is 1.74. The summed E-state index contributed by atoms with van der Waals surface area (Å²) in [5.74, 6) is 0.706. The lowest BCUT2D eigenvalue weighted by molar-refractivity contribution is -0.126. The molecule has 0 saturated carbocycles. The fourth-order valence-electron chi connectivity index (χ4n) is 2.19. The molecular formula is C13H18N2O4. The van der Waals surface area contributed by atoms with Gasteiger partial charge >= 0.3 is 6.09 Å². The van der Waals surface area contributed by atoms with Gasteiger partial charge in [-0.3, -0.25) is 4.79 Å². The molecule has 104 valence electrons. The van der Waals surface area contributed by atoms with Crippen molar-refractivity contribution in [1.29, 1.82) is 0 Å². The third kappa shape index (κ3) is 3.49. The van der Waals surface area contributed by atoms with E-state index >= 15 is 0 Å². The number of carbonyl (C=O) groups excluding carboxylic acids is 2. The van der Waals surface area contributed by atoms with Crippen LogP contribution >= 0.6 is 0 Å². The van der Waals surface area contributed by atoms with Crippen molar-refractivity contribution in [1.82, 2.24) is 10.2 Å². The van der Waals surface area contributed by atoms with Crippen LogP contribution in [-0.2, 0) is 16.1 Å². The number of nitrogens with zero attached hydrogens (tertiary/aromatic N) is 1. The minimum absolute atomic E-state index is 0.0147. The van der Waals surface area contributed by atoms with Gasteiger partial charge in [-0.2, -0.15) is 0 Å². The highest BCUT2D eigenvalue weighted by Gasteiger charge is 2.27. The molecule has 6 heteroatoms. The number of hydrogen-bond donors (Lipinski definition) is 1. The normalized spacial score (nSPS) is 16.2. The number of nitrogens with one attached hydrogen (secondary N) is 1. The molecule has 1 N–H and O–H groups in total. The number of hydrogen-bond acceptors (Lipinski definition) is 4. The quantitative estimate of drug-likeness (QED) is 0.897. The molecule has 2 heterocycles. The van der Waals surface area contributed by atoms with Gasteiger partial charge in [0, 0.05) is 19.0 Å². The first kappa shape index (κ1) is 13.5. The van der Waals surface area contributed by atoms with Crippen LogP contribution in [0.4, 0.5) is 4.79 Å². The van der Waals surface area contributed by atoms with Crippen molar-refractivity contribution in [2.24, 2.45) is 5.92 Å². The molecule has 1 saturated heterocycles. The average Bonchev–Trinajstić information content (AvgIpc) is 2.97. The highest BCUT2D eigenvalue weighted by atomic mass is 16.5. The van der Waals surface area contributed by atoms with Gasteiger partial charge in [-0.15, -0.1) is 0 Å². The van der Waals surface area contributed by atoms with Crippen molar-refractivity contribution in [2.75, 3.05) is 20.2 Å². The zero-order valence-electron chi connectivity index (χ0n) is 10.9. The van der Waals surface area contributed by atoms with Gasteiger partial charge in [0.2, 0.25) is 5.91 Å². The third-order valence-corrected chi connectivity index (χ3v) is 3.32. The maximum absolute atomic E-state index is 12.0. The number of ether oxygens (including phenoxy) is 1. The molecule has 1 aromatic rings. The van der Waals surface area contributed by atoms with Gasteiger partial charge in [0.25, 0.3) is 0 Å². The third-order valence-electron chi connectivity index (χ3n) is 3.32. The van der Waals surface area contributed by atoms with Crippen molar-refractivity contribution >= 4 is 12.0 Å². The van der Waals surface area contributed by atoms with Crippen LogP contribution < -0.4 is 5.32 Å². The zero-order valence-corrected chi connectivity index (χ0v) is 10.9. The van der Waals surface area contributed by atoms with E-state index in [1.807, 2.05) is 6.07 Å². The molecule has 0 atom stereocenters. The highest BCUT2D eigenvalue weighted by Crippen LogP contribution is 2.18. The molecule has 0 spiro atoms. The second-order valence-electron chi connectivity index (χ2n) is 4.53. The fourth-order valence-corrected chi connectivity index (χ4v) is 2.19. The summed E-state index contributed by atoms with van der Waals surface area (Å²) >= 11 is 0. The van der Waals surface area contributed by atoms with Crippen LogP contribution in [0.25, 0.3) is 0 Å². The summed E-state index contributed by atoms with van der Waals surface area (Å²) in [6.07, 6.45) is 2.59. The smallest absolute Gasteiger partial charge is 0.409 e. The molecule has 1 aliphatic heterocycles. The summed E-state index contributed by atoms with van der Waals surface area (Å²) in [6, 6.07) is 3.61. The Morgan fingerprint density at radius 3 is 2.79 bits per heavy atom. The van der Waals surface area contributed by atoms with Crippen molar-refractivity contribution in [3.8, 4) is 0 Å². The second-order valence-corrected chi connectivity index (χ2v) is 4.53. The minimum Gasteiger partial charge on any atom is -0.467 e. The Hall–Kier alpha value is -1.98. The average molecular weight is 266 g/mol. The van der Waals surface area contributed by atoms with Crippen molar-refractivity contribution < 1.29 is 18.7 Å². The maximum Gasteiger partial charge on any atom is 0.409 e. The maximum atomic E-state index is 12.0. The molecule has 1 aromatic heterocycles. The Kier molecular flexibility index (Phi) is 4.43. The molecule has 0 aliphatic carbocycles. The molecule has 0 unspecified atom stereocenters. The second kappa shape index (κ2) is 6.26. The minimum atomic E-state index is -0.325. The van der Waals surface area contributed by atoms with Crippen LogP contribution in [0.5, 0.6) is 0 Å². The molecule has 1 aliphatic rings. The van der Waals surface area contributed by atoms with E-state index in [4.69, 9.17) is 4.42 Å². The first-order chi connectivity index (χ1) is 9.20. The highest BCUT2D eigenvalue weighted by molar-refractivity contribution is 5.79. The molecule has 1 fully saturated rings. The summed E-state index contributed by atoms with van der Waals surface area (Å²) < 4.78 is 9.81. The Morgan fingerprint density at radius 2 is 2.21 bits per heavy atom. The summed E-state index contributed by atoms with van der Waals surface area (Å²) in [4.78, 5) is 24.9. The number of amides is 2. The predicted octanol–water partition coefficient (Wildman–Crippen LogP) is 1.37. The first-order valence-electron chi connectivity index (χ1n) is 6.33. The summed E-state index contributed by atoms with van der Waals surface area (Å²) in [6.45, 7) is 1.53. The summed E-state index contributed by atoms with van der Waals surface area (Å²) in [5.41, 5.74) is 0. The van der Waals surface area contributed by atoms with E-state index in [9.17, 15) is 9.59 Å². The predicted molar refractivity (Wildman–Crippen MR) is 67.3 cm³/mol. The lowest BCUT2D eigenvalue weighted by Crippen LogP contribution is -2.42. The van der Waals surface area contributed by atoms with Gasteiger partial charge in [-0.25, -0.2) is 4.79 Å². The molecule has 2 amide bonds. The lowest BCUT2D eigenvalue weighted by Gasteiger charge is -2.30. The first-order valence-corrected chi connectivity index (χ1v) is 6.33. The van der Waals surface area contributed by atoms with Crippen LogP contribution in [0.1, 0.15) is 18.6 Å². The van der Waals surface area contributed by atoms with E-state index in [2.05, 4.69) is 10.1 Å². The molecule has 0 aromatic carbocycles. The Labute approximate surface area is 111 Å². The van der Waals surface area contributed by atoms with Gasteiger partial charge in [0.05, 0.1) is 19.9 Å². The Bertz CT molecular complexity index is 422. The zero-order chi connectivity index (χ0) is 13.7. The number of carbonyl (C=O) groups is 2. The van der Waals surface area contributed by atoms with E-state index < -0.39 is 0 Å². The van der Waals surface area contributed by atoms with E-state index in [1.54, 1.807) is 17.2 Å². The SMILES string of the molecule is COC(=O)N1CCC(C(=O)NCc2ccco2)CC1. The number of likely N-dealkylation sites (tertiary alicyclic amines) is 1. The number of piperidine rings is 1. The largest absolute Gasteiger partial charge is 0.467 e. The van der Waals surface area contributed by atoms with E-state index in [0.29, 0.717) is 32.5 Å². The fraction of sp³-hybridized carbons (Fsp3) is 0.538. The molecule has 0 bridgehead atoms. The topological polar surface area (TPSA) is 71.8 Å². The standard InChI is InChI=1S/C13H18N2O4/c1-18-13(17)15-6-4-10(5-7-15)12(16)14-9-11-3-2-8-19-11/h2-3,8,10H,4-7,9H2,1H3,(H,14,16). The number of furan rings is 1. The van der Waals surface area contributed by atoms with Crippen LogP contribution in [0, 0.1) is 5.92 Å². The van der Waals surface area contributed by atoms with Crippen LogP contribution in [0.3, 0.4) is 0 Å². The van der Waals surface area contributed by atoms with Crippen LogP contribution in [0.2, 0.25) is 0 Å². The number of rotatable bonds is 3. The van der Waals surface area contributed by atoms with Gasteiger partial charge in [-0.05, 0) is 25.0 Å². The summed E-state index contributed by atoms with van der Waals surface area (Å²) in [7, 11) is 1.37. The number of methoxy groups -OCH3 is 1. The van der Waals surface area contributed by atoms with Gasteiger partial charge in [-0.1, -0.05) is 0 Å². The molecule has 2 rings (SSSR count). The molecule has 6 nitrogen and oxygen atoms in total. The van der Waals surface area contributed by atoms with E-state index in [-0.39, 0.29) is 17.9 Å². The molecule has 0 radical (unpaired) electrons. The van der Waals surface area contributed by atoms with Crippen molar-refractivity contribution in [3.05, 3.63) is 24.2 Å². The molecular weight excluding hydrogens is 248 g/mol. The van der Waals surface area contributed by atoms with Gasteiger partial charge in [0.1, 0.15) is 5.76 Å². The van der Waals surface area contributed by atoms with Crippen molar-refractivity contribution in [2.45, 2.75) is 19.4 Å². The lowest BCUT2D eigenvalue weighted by atomic mass is 9.96.